The second-order valence-electron chi connectivity index (χ2n) is 8.38. The van der Waals surface area contributed by atoms with E-state index in [1.807, 2.05) is 48.7 Å². The molecule has 1 aliphatic rings. The van der Waals surface area contributed by atoms with Crippen molar-refractivity contribution in [2.24, 2.45) is 0 Å². The van der Waals surface area contributed by atoms with Crippen molar-refractivity contribution < 1.29 is 4.39 Å². The second kappa shape index (κ2) is 8.79. The van der Waals surface area contributed by atoms with Gasteiger partial charge in [-0.2, -0.15) is 0 Å². The van der Waals surface area contributed by atoms with Gasteiger partial charge in [0.25, 0.3) is 0 Å². The fraction of sp³-hybridized carbons (Fsp3) is 0.185. The van der Waals surface area contributed by atoms with Crippen LogP contribution in [-0.4, -0.2) is 19.6 Å². The van der Waals surface area contributed by atoms with Gasteiger partial charge in [0, 0.05) is 29.8 Å². The SMILES string of the molecule is Cc1cc([C@H]2[C@@H](c3ccccn3)NC(=S)N2Cc2ccccc2)c(C)n1-c1cccc(F)c1. The molecule has 1 aliphatic heterocycles. The zero-order chi connectivity index (χ0) is 22.9. The highest BCUT2D eigenvalue weighted by Gasteiger charge is 2.41. The van der Waals surface area contributed by atoms with Crippen LogP contribution in [0.5, 0.6) is 0 Å². The number of nitrogens with one attached hydrogen (secondary N) is 1. The summed E-state index contributed by atoms with van der Waals surface area (Å²) >= 11 is 5.82. The van der Waals surface area contributed by atoms with Gasteiger partial charge in [-0.05, 0) is 73.6 Å². The smallest absolute Gasteiger partial charge is 0.170 e. The van der Waals surface area contributed by atoms with Crippen LogP contribution < -0.4 is 5.32 Å². The Morgan fingerprint density at radius 3 is 2.48 bits per heavy atom. The molecule has 0 aliphatic carbocycles. The van der Waals surface area contributed by atoms with E-state index in [9.17, 15) is 4.39 Å². The first kappa shape index (κ1) is 21.3. The first-order chi connectivity index (χ1) is 16.0. The summed E-state index contributed by atoms with van der Waals surface area (Å²) in [6.45, 7) is 4.83. The Labute approximate surface area is 198 Å². The summed E-state index contributed by atoms with van der Waals surface area (Å²) in [5.41, 5.74) is 6.20. The predicted molar refractivity (Wildman–Crippen MR) is 133 cm³/mol. The van der Waals surface area contributed by atoms with Crippen LogP contribution in [0.15, 0.2) is 85.1 Å². The average Bonchev–Trinajstić information content (AvgIpc) is 3.30. The molecule has 4 aromatic rings. The Hall–Kier alpha value is -3.51. The molecule has 4 nitrogen and oxygen atoms in total. The number of aromatic nitrogens is 2. The lowest BCUT2D eigenvalue weighted by molar-refractivity contribution is 0.310. The molecule has 3 heterocycles. The van der Waals surface area contributed by atoms with Crippen LogP contribution in [-0.2, 0) is 6.54 Å². The van der Waals surface area contributed by atoms with E-state index in [0.717, 1.165) is 28.3 Å². The van der Waals surface area contributed by atoms with E-state index in [4.69, 9.17) is 12.2 Å². The molecule has 0 spiro atoms. The molecule has 1 N–H and O–H groups in total. The quantitative estimate of drug-likeness (QED) is 0.385. The normalized spacial score (nSPS) is 17.9. The Morgan fingerprint density at radius 2 is 1.76 bits per heavy atom. The van der Waals surface area contributed by atoms with Crippen LogP contribution >= 0.6 is 12.2 Å². The van der Waals surface area contributed by atoms with Crippen molar-refractivity contribution in [1.29, 1.82) is 0 Å². The molecular formula is C27H25FN4S. The third kappa shape index (κ3) is 4.02. The molecule has 0 unspecified atom stereocenters. The average molecular weight is 457 g/mol. The van der Waals surface area contributed by atoms with Crippen LogP contribution in [0.25, 0.3) is 5.69 Å². The highest BCUT2D eigenvalue weighted by atomic mass is 32.1. The Kier molecular flexibility index (Phi) is 5.68. The number of aryl methyl sites for hydroxylation is 1. The van der Waals surface area contributed by atoms with E-state index in [1.54, 1.807) is 12.1 Å². The van der Waals surface area contributed by atoms with Crippen LogP contribution in [0.4, 0.5) is 4.39 Å². The van der Waals surface area contributed by atoms with Gasteiger partial charge >= 0.3 is 0 Å². The Balaban J connectivity index is 1.62. The van der Waals surface area contributed by atoms with Gasteiger partial charge in [0.05, 0.1) is 17.8 Å². The zero-order valence-corrected chi connectivity index (χ0v) is 19.4. The number of halogens is 1. The predicted octanol–water partition coefficient (Wildman–Crippen LogP) is 5.80. The molecule has 2 atom stereocenters. The molecule has 2 aromatic carbocycles. The minimum absolute atomic E-state index is 0.0545. The largest absolute Gasteiger partial charge is 0.352 e. The van der Waals surface area contributed by atoms with E-state index in [2.05, 4.69) is 51.8 Å². The van der Waals surface area contributed by atoms with Crippen molar-refractivity contribution in [3.05, 3.63) is 119 Å². The number of rotatable bonds is 5. The summed E-state index contributed by atoms with van der Waals surface area (Å²) in [4.78, 5) is 6.87. The molecule has 6 heteroatoms. The topological polar surface area (TPSA) is 33.1 Å². The van der Waals surface area contributed by atoms with E-state index < -0.39 is 0 Å². The van der Waals surface area contributed by atoms with Gasteiger partial charge < -0.3 is 14.8 Å². The van der Waals surface area contributed by atoms with Gasteiger partial charge in [-0.3, -0.25) is 4.98 Å². The fourth-order valence-electron chi connectivity index (χ4n) is 4.79. The molecule has 0 saturated carbocycles. The van der Waals surface area contributed by atoms with Crippen molar-refractivity contribution in [2.45, 2.75) is 32.5 Å². The van der Waals surface area contributed by atoms with Crippen molar-refractivity contribution in [2.75, 3.05) is 0 Å². The van der Waals surface area contributed by atoms with Gasteiger partial charge in [0.2, 0.25) is 0 Å². The van der Waals surface area contributed by atoms with Gasteiger partial charge in [-0.15, -0.1) is 0 Å². The minimum atomic E-state index is -0.248. The number of pyridine rings is 1. The first-order valence-electron chi connectivity index (χ1n) is 11.0. The third-order valence-corrected chi connectivity index (χ3v) is 6.60. The van der Waals surface area contributed by atoms with Crippen molar-refractivity contribution in [3.8, 4) is 5.69 Å². The summed E-state index contributed by atoms with van der Waals surface area (Å²) < 4.78 is 16.1. The molecule has 0 bridgehead atoms. The monoisotopic (exact) mass is 456 g/mol. The highest BCUT2D eigenvalue weighted by Crippen LogP contribution is 2.42. The van der Waals surface area contributed by atoms with E-state index in [-0.39, 0.29) is 17.9 Å². The van der Waals surface area contributed by atoms with Crippen molar-refractivity contribution >= 4 is 17.3 Å². The lowest BCUT2D eigenvalue weighted by atomic mass is 9.96. The number of nitrogens with zero attached hydrogens (tertiary/aromatic N) is 3. The molecular weight excluding hydrogens is 431 g/mol. The fourth-order valence-corrected chi connectivity index (χ4v) is 5.10. The van der Waals surface area contributed by atoms with Crippen molar-refractivity contribution in [3.63, 3.8) is 0 Å². The number of hydrogen-bond donors (Lipinski definition) is 1. The first-order valence-corrected chi connectivity index (χ1v) is 11.4. The maximum absolute atomic E-state index is 14.0. The van der Waals surface area contributed by atoms with Gasteiger partial charge in [0.1, 0.15) is 5.82 Å². The summed E-state index contributed by atoms with van der Waals surface area (Å²) in [7, 11) is 0. The molecule has 1 fully saturated rings. The lowest BCUT2D eigenvalue weighted by Gasteiger charge is -2.28. The van der Waals surface area contributed by atoms with Crippen molar-refractivity contribution in [1.82, 2.24) is 19.8 Å². The van der Waals surface area contributed by atoms with E-state index in [0.29, 0.717) is 11.7 Å². The van der Waals surface area contributed by atoms with Crippen LogP contribution in [0.3, 0.4) is 0 Å². The maximum atomic E-state index is 14.0. The van der Waals surface area contributed by atoms with Crippen LogP contribution in [0.2, 0.25) is 0 Å². The number of thiocarbonyl (C=S) groups is 1. The summed E-state index contributed by atoms with van der Waals surface area (Å²) in [5.74, 6) is -0.248. The number of benzene rings is 2. The van der Waals surface area contributed by atoms with Gasteiger partial charge in [0.15, 0.2) is 5.11 Å². The molecule has 0 amide bonds. The Morgan fingerprint density at radius 1 is 0.970 bits per heavy atom. The van der Waals surface area contributed by atoms with Crippen LogP contribution in [0, 0.1) is 19.7 Å². The molecule has 1 saturated heterocycles. The van der Waals surface area contributed by atoms with E-state index in [1.165, 1.54) is 11.6 Å². The van der Waals surface area contributed by atoms with Gasteiger partial charge in [-0.25, -0.2) is 4.39 Å². The summed E-state index contributed by atoms with van der Waals surface area (Å²) in [6, 6.07) is 25.0. The molecule has 166 valence electrons. The molecule has 5 rings (SSSR count). The molecule has 2 aromatic heterocycles. The highest BCUT2D eigenvalue weighted by molar-refractivity contribution is 7.80. The van der Waals surface area contributed by atoms with Gasteiger partial charge in [-0.1, -0.05) is 42.5 Å². The standard InChI is InChI=1S/C27H25FN4S/c1-18-15-23(19(2)32(18)22-12-8-11-21(28)16-22)26-25(24-13-6-7-14-29-24)30-27(33)31(26)17-20-9-4-3-5-10-20/h3-16,25-26H,17H2,1-2H3,(H,30,33)/t25-,26+/m1/s1. The molecule has 0 radical (unpaired) electrons. The summed E-state index contributed by atoms with van der Waals surface area (Å²) in [6.07, 6.45) is 1.81. The maximum Gasteiger partial charge on any atom is 0.170 e. The minimum Gasteiger partial charge on any atom is -0.352 e. The number of hydrogen-bond acceptors (Lipinski definition) is 2. The Bertz CT molecular complexity index is 1290. The zero-order valence-electron chi connectivity index (χ0n) is 18.6. The molecule has 33 heavy (non-hydrogen) atoms. The van der Waals surface area contributed by atoms with E-state index >= 15 is 0 Å². The summed E-state index contributed by atoms with van der Waals surface area (Å²) in [5, 5.41) is 4.22. The third-order valence-electron chi connectivity index (χ3n) is 6.25. The lowest BCUT2D eigenvalue weighted by Crippen LogP contribution is -2.29. The second-order valence-corrected chi connectivity index (χ2v) is 8.77. The van der Waals surface area contributed by atoms with Crippen LogP contribution in [0.1, 0.15) is 40.3 Å².